The summed E-state index contributed by atoms with van der Waals surface area (Å²) in [6, 6.07) is 14.6. The van der Waals surface area contributed by atoms with Crippen LogP contribution in [0.25, 0.3) is 16.8 Å². The van der Waals surface area contributed by atoms with Crippen molar-refractivity contribution < 1.29 is 4.79 Å². The first-order valence-corrected chi connectivity index (χ1v) is 11.9. The molecule has 2 aromatic heterocycles. The first-order valence-electron chi connectivity index (χ1n) is 11.9. The Kier molecular flexibility index (Phi) is 5.95. The van der Waals surface area contributed by atoms with Gasteiger partial charge in [-0.2, -0.15) is 15.5 Å². The fraction of sp³-hybridized carbons (Fsp3) is 0.346. The summed E-state index contributed by atoms with van der Waals surface area (Å²) in [6.07, 6.45) is 3.16. The smallest absolute Gasteiger partial charge is 0.217 e. The van der Waals surface area contributed by atoms with Gasteiger partial charge in [0.25, 0.3) is 0 Å². The number of nitrogens with one attached hydrogen (secondary N) is 2. The zero-order valence-corrected chi connectivity index (χ0v) is 20.1. The molecule has 1 aromatic carbocycles. The zero-order valence-electron chi connectivity index (χ0n) is 20.1. The second-order valence-electron chi connectivity index (χ2n) is 9.34. The molecule has 1 atom stereocenters. The maximum absolute atomic E-state index is 11.4. The summed E-state index contributed by atoms with van der Waals surface area (Å²) >= 11 is 0. The molecule has 178 valence electrons. The van der Waals surface area contributed by atoms with E-state index in [1.54, 1.807) is 13.1 Å². The van der Waals surface area contributed by atoms with Crippen molar-refractivity contribution >= 4 is 28.7 Å². The second-order valence-corrected chi connectivity index (χ2v) is 9.34. The van der Waals surface area contributed by atoms with E-state index in [1.807, 2.05) is 22.7 Å². The van der Waals surface area contributed by atoms with E-state index in [9.17, 15) is 4.79 Å². The van der Waals surface area contributed by atoms with Gasteiger partial charge >= 0.3 is 0 Å². The SMILES string of the molecule is CC(=O)N[C@@H]1CCN(C2=NN=C(c3ccc(-c4ccc5cc(C#N)cnn45)cc3NC(C)C)C2)C1. The molecule has 1 saturated heterocycles. The average molecular weight is 469 g/mol. The quantitative estimate of drug-likeness (QED) is 0.596. The topological polar surface area (TPSA) is 110 Å². The van der Waals surface area contributed by atoms with Crippen LogP contribution in [0, 0.1) is 11.3 Å². The number of rotatable bonds is 5. The summed E-state index contributed by atoms with van der Waals surface area (Å²) in [7, 11) is 0. The van der Waals surface area contributed by atoms with Crippen LogP contribution in [-0.2, 0) is 4.79 Å². The van der Waals surface area contributed by atoms with Gasteiger partial charge in [-0.3, -0.25) is 4.79 Å². The van der Waals surface area contributed by atoms with Crippen molar-refractivity contribution in [2.24, 2.45) is 10.2 Å². The molecular weight excluding hydrogens is 440 g/mol. The third-order valence-corrected chi connectivity index (χ3v) is 6.27. The molecule has 9 nitrogen and oxygen atoms in total. The Morgan fingerprint density at radius 2 is 2.06 bits per heavy atom. The Morgan fingerprint density at radius 1 is 1.20 bits per heavy atom. The molecule has 1 fully saturated rings. The summed E-state index contributed by atoms with van der Waals surface area (Å²) in [6.45, 7) is 7.40. The first-order chi connectivity index (χ1) is 16.9. The van der Waals surface area contributed by atoms with Crippen LogP contribution in [0.3, 0.4) is 0 Å². The van der Waals surface area contributed by atoms with Gasteiger partial charge < -0.3 is 15.5 Å². The number of fused-ring (bicyclic) bond motifs is 1. The minimum absolute atomic E-state index is 0.00288. The minimum atomic E-state index is 0.00288. The Hall–Kier alpha value is -4.19. The molecular formula is C26H28N8O. The molecule has 0 unspecified atom stereocenters. The van der Waals surface area contributed by atoms with Gasteiger partial charge in [0.2, 0.25) is 5.91 Å². The highest BCUT2D eigenvalue weighted by Gasteiger charge is 2.29. The number of carbonyl (C=O) groups excluding carboxylic acids is 1. The van der Waals surface area contributed by atoms with E-state index < -0.39 is 0 Å². The van der Waals surface area contributed by atoms with Crippen molar-refractivity contribution in [2.45, 2.75) is 45.7 Å². The van der Waals surface area contributed by atoms with Crippen LogP contribution in [0.5, 0.6) is 0 Å². The lowest BCUT2D eigenvalue weighted by atomic mass is 10.0. The fourth-order valence-corrected chi connectivity index (χ4v) is 4.73. The number of amidine groups is 1. The number of likely N-dealkylation sites (tertiary alicyclic amines) is 1. The van der Waals surface area contributed by atoms with Crippen molar-refractivity contribution in [1.82, 2.24) is 19.8 Å². The number of nitrogens with zero attached hydrogens (tertiary/aromatic N) is 6. The number of carbonyl (C=O) groups is 1. The minimum Gasteiger partial charge on any atom is -0.382 e. The highest BCUT2D eigenvalue weighted by atomic mass is 16.1. The monoisotopic (exact) mass is 468 g/mol. The van der Waals surface area contributed by atoms with Gasteiger partial charge in [0.1, 0.15) is 11.9 Å². The largest absolute Gasteiger partial charge is 0.382 e. The standard InChI is InChI=1S/C26H28N8O/c1-16(2)29-23-11-19(25-7-5-21-10-18(13-27)14-28-34(21)25)4-6-22(23)24-12-26(32-31-24)33-9-8-20(15-33)30-17(3)35/h4-7,10-11,14,16,20,29H,8-9,12,15H2,1-3H3,(H,30,35)/t20-/m1/s1. The van der Waals surface area contributed by atoms with Crippen molar-refractivity contribution in [3.63, 3.8) is 0 Å². The molecule has 2 aliphatic heterocycles. The molecule has 2 aliphatic rings. The molecule has 1 amide bonds. The lowest BCUT2D eigenvalue weighted by Gasteiger charge is -2.19. The normalized spacial score (nSPS) is 17.5. The molecule has 9 heteroatoms. The van der Waals surface area contributed by atoms with E-state index in [1.165, 1.54) is 0 Å². The molecule has 4 heterocycles. The Balaban J connectivity index is 1.39. The third-order valence-electron chi connectivity index (χ3n) is 6.27. The van der Waals surface area contributed by atoms with Crippen LogP contribution in [0.4, 0.5) is 5.69 Å². The van der Waals surface area contributed by atoms with E-state index in [0.29, 0.717) is 12.0 Å². The van der Waals surface area contributed by atoms with E-state index in [2.05, 4.69) is 69.0 Å². The number of hydrogen-bond acceptors (Lipinski definition) is 7. The van der Waals surface area contributed by atoms with Crippen LogP contribution in [-0.4, -0.2) is 57.1 Å². The molecule has 3 aromatic rings. The van der Waals surface area contributed by atoms with Gasteiger partial charge in [-0.25, -0.2) is 4.52 Å². The van der Waals surface area contributed by atoms with Crippen molar-refractivity contribution in [2.75, 3.05) is 18.4 Å². The average Bonchev–Trinajstić information content (AvgIpc) is 3.57. The van der Waals surface area contributed by atoms with Crippen molar-refractivity contribution in [3.8, 4) is 17.3 Å². The van der Waals surface area contributed by atoms with E-state index in [0.717, 1.165) is 59.1 Å². The molecule has 35 heavy (non-hydrogen) atoms. The van der Waals surface area contributed by atoms with Gasteiger partial charge in [0, 0.05) is 48.9 Å². The van der Waals surface area contributed by atoms with Crippen molar-refractivity contribution in [1.29, 1.82) is 5.26 Å². The van der Waals surface area contributed by atoms with Crippen molar-refractivity contribution in [3.05, 3.63) is 53.7 Å². The third kappa shape index (κ3) is 4.60. The predicted molar refractivity (Wildman–Crippen MR) is 136 cm³/mol. The van der Waals surface area contributed by atoms with Gasteiger partial charge in [-0.1, -0.05) is 12.1 Å². The molecule has 0 bridgehead atoms. The molecule has 0 spiro atoms. The number of aromatic nitrogens is 2. The molecule has 2 N–H and O–H groups in total. The van der Waals surface area contributed by atoms with E-state index >= 15 is 0 Å². The van der Waals surface area contributed by atoms with Gasteiger partial charge in [-0.15, -0.1) is 5.10 Å². The summed E-state index contributed by atoms with van der Waals surface area (Å²) in [5.41, 5.74) is 6.34. The summed E-state index contributed by atoms with van der Waals surface area (Å²) in [5.74, 6) is 0.950. The number of anilines is 1. The first kappa shape index (κ1) is 22.6. The lowest BCUT2D eigenvalue weighted by Crippen LogP contribution is -2.37. The number of nitriles is 1. The second kappa shape index (κ2) is 9.22. The fourth-order valence-electron chi connectivity index (χ4n) is 4.73. The molecule has 0 aliphatic carbocycles. The zero-order chi connectivity index (χ0) is 24.5. The van der Waals surface area contributed by atoms with Crippen LogP contribution in [0.1, 0.15) is 44.7 Å². The van der Waals surface area contributed by atoms with Gasteiger partial charge in [0.05, 0.1) is 35.1 Å². The summed E-state index contributed by atoms with van der Waals surface area (Å²) < 4.78 is 1.85. The number of amides is 1. The highest BCUT2D eigenvalue weighted by Crippen LogP contribution is 2.30. The molecule has 0 saturated carbocycles. The maximum atomic E-state index is 11.4. The number of benzene rings is 1. The Bertz CT molecular complexity index is 1390. The maximum Gasteiger partial charge on any atom is 0.217 e. The Morgan fingerprint density at radius 3 is 2.83 bits per heavy atom. The van der Waals surface area contributed by atoms with E-state index in [4.69, 9.17) is 5.26 Å². The molecule has 5 rings (SSSR count). The Labute approximate surface area is 204 Å². The lowest BCUT2D eigenvalue weighted by molar-refractivity contribution is -0.119. The van der Waals surface area contributed by atoms with Crippen LogP contribution >= 0.6 is 0 Å². The molecule has 0 radical (unpaired) electrons. The summed E-state index contributed by atoms with van der Waals surface area (Å²) in [5, 5.41) is 29.2. The van der Waals surface area contributed by atoms with Crippen LogP contribution < -0.4 is 10.6 Å². The van der Waals surface area contributed by atoms with Crippen LogP contribution in [0.2, 0.25) is 0 Å². The number of hydrogen-bond donors (Lipinski definition) is 2. The van der Waals surface area contributed by atoms with E-state index in [-0.39, 0.29) is 18.0 Å². The highest BCUT2D eigenvalue weighted by molar-refractivity contribution is 6.17. The van der Waals surface area contributed by atoms with Crippen LogP contribution in [0.15, 0.2) is 52.8 Å². The van der Waals surface area contributed by atoms with Gasteiger partial charge in [-0.05, 0) is 44.5 Å². The predicted octanol–water partition coefficient (Wildman–Crippen LogP) is 3.41. The van der Waals surface area contributed by atoms with Gasteiger partial charge in [0.15, 0.2) is 0 Å². The summed E-state index contributed by atoms with van der Waals surface area (Å²) in [4.78, 5) is 13.6.